The second-order valence-electron chi connectivity index (χ2n) is 7.72. The van der Waals surface area contributed by atoms with E-state index in [1.54, 1.807) is 25.3 Å². The zero-order valence-electron chi connectivity index (χ0n) is 16.0. The molecule has 2 heterocycles. The summed E-state index contributed by atoms with van der Waals surface area (Å²) < 4.78 is 5.19. The maximum atomic E-state index is 13.0. The minimum absolute atomic E-state index is 0.0557. The number of benzene rings is 2. The van der Waals surface area contributed by atoms with Crippen LogP contribution in [0.25, 0.3) is 0 Å². The zero-order valence-corrected chi connectivity index (χ0v) is 16.7. The first kappa shape index (κ1) is 18.3. The lowest BCUT2D eigenvalue weighted by molar-refractivity contribution is 0.0768. The lowest BCUT2D eigenvalue weighted by Crippen LogP contribution is -2.33. The number of nitrogens with zero attached hydrogens (tertiary/aromatic N) is 2. The van der Waals surface area contributed by atoms with E-state index in [2.05, 4.69) is 43.1 Å². The summed E-state index contributed by atoms with van der Waals surface area (Å²) in [7, 11) is 3.78. The molecule has 1 amide bonds. The summed E-state index contributed by atoms with van der Waals surface area (Å²) in [5.41, 5.74) is 3.33. The standard InChI is InChI=1S/C22H25ClN2O2/c1-14-6-4-5-7-17(14)21-18-13-25(12-16(18)11-24(21)2)22(26)15-8-9-20(27-3)19(23)10-15/h4-10,16,18,21H,11-13H2,1-3H3/t16-,18+,21-/m0/s1. The van der Waals surface area contributed by atoms with Crippen molar-refractivity contribution >= 4 is 17.5 Å². The largest absolute Gasteiger partial charge is 0.495 e. The average Bonchev–Trinajstić information content (AvgIpc) is 3.18. The van der Waals surface area contributed by atoms with Gasteiger partial charge in [0.05, 0.1) is 12.1 Å². The Morgan fingerprint density at radius 1 is 1.15 bits per heavy atom. The number of likely N-dealkylation sites (tertiary alicyclic amines) is 2. The molecular weight excluding hydrogens is 360 g/mol. The predicted molar refractivity (Wildman–Crippen MR) is 107 cm³/mol. The normalized spacial score (nSPS) is 24.9. The van der Waals surface area contributed by atoms with Gasteiger partial charge in [-0.2, -0.15) is 0 Å². The molecule has 27 heavy (non-hydrogen) atoms. The van der Waals surface area contributed by atoms with Crippen LogP contribution in [0.1, 0.15) is 27.5 Å². The molecule has 0 aromatic heterocycles. The van der Waals surface area contributed by atoms with E-state index < -0.39 is 0 Å². The van der Waals surface area contributed by atoms with E-state index in [4.69, 9.17) is 16.3 Å². The summed E-state index contributed by atoms with van der Waals surface area (Å²) in [5, 5.41) is 0.472. The third-order valence-electron chi connectivity index (χ3n) is 6.09. The van der Waals surface area contributed by atoms with Crippen molar-refractivity contribution in [1.82, 2.24) is 9.80 Å². The number of hydrogen-bond acceptors (Lipinski definition) is 3. The second kappa shape index (κ2) is 7.17. The van der Waals surface area contributed by atoms with E-state index in [1.165, 1.54) is 11.1 Å². The highest BCUT2D eigenvalue weighted by atomic mass is 35.5. The van der Waals surface area contributed by atoms with Crippen LogP contribution in [0, 0.1) is 18.8 Å². The Morgan fingerprint density at radius 2 is 1.93 bits per heavy atom. The first-order chi connectivity index (χ1) is 13.0. The number of rotatable bonds is 3. The number of carbonyl (C=O) groups is 1. The van der Waals surface area contributed by atoms with Gasteiger partial charge in [-0.05, 0) is 49.2 Å². The lowest BCUT2D eigenvalue weighted by atomic mass is 9.88. The Labute approximate surface area is 165 Å². The Hall–Kier alpha value is -2.04. The van der Waals surface area contributed by atoms with Crippen molar-refractivity contribution in [1.29, 1.82) is 0 Å². The van der Waals surface area contributed by atoms with Gasteiger partial charge < -0.3 is 9.64 Å². The molecular formula is C22H25ClN2O2. The van der Waals surface area contributed by atoms with Gasteiger partial charge in [-0.25, -0.2) is 0 Å². The smallest absolute Gasteiger partial charge is 0.253 e. The molecule has 2 aromatic carbocycles. The topological polar surface area (TPSA) is 32.8 Å². The number of halogens is 1. The molecule has 2 aromatic rings. The molecule has 0 saturated carbocycles. The lowest BCUT2D eigenvalue weighted by Gasteiger charge is -2.28. The molecule has 2 aliphatic heterocycles. The van der Waals surface area contributed by atoms with Crippen molar-refractivity contribution in [2.75, 3.05) is 33.8 Å². The van der Waals surface area contributed by atoms with Gasteiger partial charge in [0.25, 0.3) is 5.91 Å². The number of methoxy groups -OCH3 is 1. The minimum atomic E-state index is 0.0557. The molecule has 4 rings (SSSR count). The fraction of sp³-hybridized carbons (Fsp3) is 0.409. The summed E-state index contributed by atoms with van der Waals surface area (Å²) in [6.45, 7) is 4.79. The van der Waals surface area contributed by atoms with Crippen LogP contribution >= 0.6 is 11.6 Å². The van der Waals surface area contributed by atoms with Crippen LogP contribution in [-0.4, -0.2) is 49.5 Å². The van der Waals surface area contributed by atoms with Gasteiger partial charge in [0.1, 0.15) is 5.75 Å². The summed E-state index contributed by atoms with van der Waals surface area (Å²) in [4.78, 5) is 17.5. The van der Waals surface area contributed by atoms with Gasteiger partial charge in [0.2, 0.25) is 0 Å². The van der Waals surface area contributed by atoms with Crippen LogP contribution in [0.3, 0.4) is 0 Å². The first-order valence-electron chi connectivity index (χ1n) is 9.38. The van der Waals surface area contributed by atoms with E-state index in [9.17, 15) is 4.79 Å². The molecule has 0 aliphatic carbocycles. The van der Waals surface area contributed by atoms with E-state index in [1.807, 2.05) is 4.90 Å². The molecule has 4 nitrogen and oxygen atoms in total. The Kier molecular flexibility index (Phi) is 4.87. The fourth-order valence-electron chi connectivity index (χ4n) is 4.79. The van der Waals surface area contributed by atoms with Crippen LogP contribution in [0.5, 0.6) is 5.75 Å². The summed E-state index contributed by atoms with van der Waals surface area (Å²) >= 11 is 6.21. The SMILES string of the molecule is COc1ccc(C(=O)N2C[C@@H]3CN(C)[C@@H](c4ccccc4C)[C@@H]3C2)cc1Cl. The van der Waals surface area contributed by atoms with Crippen LogP contribution in [-0.2, 0) is 0 Å². The summed E-state index contributed by atoms with van der Waals surface area (Å²) in [6, 6.07) is 14.2. The number of ether oxygens (including phenoxy) is 1. The van der Waals surface area contributed by atoms with E-state index >= 15 is 0 Å². The molecule has 5 heteroatoms. The maximum absolute atomic E-state index is 13.0. The fourth-order valence-corrected chi connectivity index (χ4v) is 5.05. The first-order valence-corrected chi connectivity index (χ1v) is 9.76. The predicted octanol–water partition coefficient (Wildman–Crippen LogP) is 4.03. The van der Waals surface area contributed by atoms with Gasteiger partial charge in [0.15, 0.2) is 0 Å². The van der Waals surface area contributed by atoms with Crippen LogP contribution in [0.2, 0.25) is 5.02 Å². The van der Waals surface area contributed by atoms with Crippen molar-refractivity contribution in [3.63, 3.8) is 0 Å². The molecule has 0 bridgehead atoms. The van der Waals surface area contributed by atoms with Crippen molar-refractivity contribution < 1.29 is 9.53 Å². The Balaban J connectivity index is 1.55. The number of aryl methyl sites for hydroxylation is 1. The van der Waals surface area contributed by atoms with Crippen molar-refractivity contribution in [2.24, 2.45) is 11.8 Å². The van der Waals surface area contributed by atoms with Gasteiger partial charge >= 0.3 is 0 Å². The van der Waals surface area contributed by atoms with Crippen LogP contribution in [0.15, 0.2) is 42.5 Å². The van der Waals surface area contributed by atoms with Crippen molar-refractivity contribution in [3.8, 4) is 5.75 Å². The number of fused-ring (bicyclic) bond motifs is 1. The highest BCUT2D eigenvalue weighted by Gasteiger charge is 2.47. The van der Waals surface area contributed by atoms with Crippen LogP contribution < -0.4 is 4.74 Å². The molecule has 0 unspecified atom stereocenters. The van der Waals surface area contributed by atoms with Gasteiger partial charge in [-0.15, -0.1) is 0 Å². The van der Waals surface area contributed by atoms with E-state index in [0.29, 0.717) is 34.2 Å². The third kappa shape index (κ3) is 3.21. The molecule has 0 spiro atoms. The Bertz CT molecular complexity index is 869. The molecule has 142 valence electrons. The quantitative estimate of drug-likeness (QED) is 0.800. The maximum Gasteiger partial charge on any atom is 0.253 e. The van der Waals surface area contributed by atoms with Gasteiger partial charge in [0, 0.05) is 37.2 Å². The zero-order chi connectivity index (χ0) is 19.1. The number of carbonyl (C=O) groups excluding carboxylic acids is 1. The highest BCUT2D eigenvalue weighted by molar-refractivity contribution is 6.32. The molecule has 2 aliphatic rings. The highest BCUT2D eigenvalue weighted by Crippen LogP contribution is 2.45. The van der Waals surface area contributed by atoms with Gasteiger partial charge in [-0.1, -0.05) is 35.9 Å². The van der Waals surface area contributed by atoms with Gasteiger partial charge in [-0.3, -0.25) is 9.69 Å². The number of hydrogen-bond donors (Lipinski definition) is 0. The molecule has 3 atom stereocenters. The summed E-state index contributed by atoms with van der Waals surface area (Å²) in [5.74, 6) is 1.62. The summed E-state index contributed by atoms with van der Waals surface area (Å²) in [6.07, 6.45) is 0. The van der Waals surface area contributed by atoms with Crippen molar-refractivity contribution in [2.45, 2.75) is 13.0 Å². The van der Waals surface area contributed by atoms with E-state index in [0.717, 1.165) is 19.6 Å². The van der Waals surface area contributed by atoms with Crippen molar-refractivity contribution in [3.05, 3.63) is 64.2 Å². The van der Waals surface area contributed by atoms with E-state index in [-0.39, 0.29) is 5.91 Å². The molecule has 2 fully saturated rings. The third-order valence-corrected chi connectivity index (χ3v) is 6.38. The number of amides is 1. The molecule has 0 N–H and O–H groups in total. The van der Waals surface area contributed by atoms with Crippen LogP contribution in [0.4, 0.5) is 0 Å². The molecule has 2 saturated heterocycles. The monoisotopic (exact) mass is 384 g/mol. The second-order valence-corrected chi connectivity index (χ2v) is 8.13. The molecule has 0 radical (unpaired) electrons. The minimum Gasteiger partial charge on any atom is -0.495 e. The Morgan fingerprint density at radius 3 is 2.63 bits per heavy atom. The average molecular weight is 385 g/mol.